The maximum absolute atomic E-state index is 13.1. The summed E-state index contributed by atoms with van der Waals surface area (Å²) < 4.78 is 5.68. The van der Waals surface area contributed by atoms with E-state index in [2.05, 4.69) is 10.6 Å². The summed E-state index contributed by atoms with van der Waals surface area (Å²) in [4.78, 5) is 41.0. The molecular formula is C27H33N3O5S2. The summed E-state index contributed by atoms with van der Waals surface area (Å²) in [5, 5.41) is 18.9. The number of hydrogen-bond acceptors (Lipinski definition) is 6. The lowest BCUT2D eigenvalue weighted by molar-refractivity contribution is -0.137. The predicted octanol–water partition coefficient (Wildman–Crippen LogP) is 6.02. The minimum atomic E-state index is -1.01. The molecule has 2 atom stereocenters. The fourth-order valence-corrected chi connectivity index (χ4v) is 5.21. The number of hydrogen-bond donors (Lipinski definition) is 3. The molecule has 0 aliphatic rings. The highest BCUT2D eigenvalue weighted by atomic mass is 32.1. The van der Waals surface area contributed by atoms with Crippen molar-refractivity contribution in [1.29, 1.82) is 0 Å². The molecule has 0 fully saturated rings. The number of rotatable bonds is 14. The summed E-state index contributed by atoms with van der Waals surface area (Å²) in [5.41, 5.74) is 0.703. The Morgan fingerprint density at radius 1 is 0.946 bits per heavy atom. The smallest absolute Gasteiger partial charge is 0.410 e. The lowest BCUT2D eigenvalue weighted by atomic mass is 10.0. The summed E-state index contributed by atoms with van der Waals surface area (Å²) >= 11 is 3.16. The summed E-state index contributed by atoms with van der Waals surface area (Å²) in [5.74, 6) is -1.01. The van der Waals surface area contributed by atoms with E-state index in [-0.39, 0.29) is 13.0 Å². The zero-order chi connectivity index (χ0) is 26.5. The monoisotopic (exact) mass is 543 g/mol. The third-order valence-electron chi connectivity index (χ3n) is 5.65. The molecule has 0 radical (unpaired) electrons. The quantitative estimate of drug-likeness (QED) is 0.230. The number of carboxylic acids is 1. The van der Waals surface area contributed by atoms with E-state index in [0.29, 0.717) is 25.1 Å². The second kappa shape index (κ2) is 15.0. The molecule has 1 aromatic carbocycles. The number of thiophene rings is 2. The first-order chi connectivity index (χ1) is 17.9. The molecule has 10 heteroatoms. The van der Waals surface area contributed by atoms with Crippen molar-refractivity contribution < 1.29 is 24.2 Å². The standard InChI is InChI=1S/C27H33N3O5S2/c1-2-3-11-21(28-26(33)29-24(16-25(31)32)20-9-5-4-6-10-20)19-35-27(34)30(17-22-12-7-14-36-22)18-23-13-8-15-37-23/h4-10,12-15,21,24H,2-3,11,16-19H2,1H3,(H,31,32)(H2,28,29,33). The Hall–Kier alpha value is -3.37. The highest BCUT2D eigenvalue weighted by molar-refractivity contribution is 7.10. The zero-order valence-electron chi connectivity index (χ0n) is 20.8. The van der Waals surface area contributed by atoms with Gasteiger partial charge in [-0.15, -0.1) is 22.7 Å². The van der Waals surface area contributed by atoms with Crippen molar-refractivity contribution in [1.82, 2.24) is 15.5 Å². The van der Waals surface area contributed by atoms with Crippen LogP contribution in [-0.4, -0.2) is 40.7 Å². The molecule has 0 saturated carbocycles. The fourth-order valence-electron chi connectivity index (χ4n) is 3.77. The molecule has 3 aromatic rings. The molecule has 37 heavy (non-hydrogen) atoms. The average Bonchev–Trinajstić information content (AvgIpc) is 3.59. The van der Waals surface area contributed by atoms with Gasteiger partial charge in [0.25, 0.3) is 0 Å². The van der Waals surface area contributed by atoms with E-state index in [9.17, 15) is 19.5 Å². The number of carbonyl (C=O) groups excluding carboxylic acids is 2. The lowest BCUT2D eigenvalue weighted by Gasteiger charge is -2.25. The summed E-state index contributed by atoms with van der Waals surface area (Å²) in [7, 11) is 0. The molecule has 0 bridgehead atoms. The number of ether oxygens (including phenoxy) is 1. The number of unbranched alkanes of at least 4 members (excludes halogenated alkanes) is 1. The minimum absolute atomic E-state index is 0.0204. The fraction of sp³-hybridized carbons (Fsp3) is 0.370. The normalized spacial score (nSPS) is 12.4. The molecule has 8 nitrogen and oxygen atoms in total. The lowest BCUT2D eigenvalue weighted by Crippen LogP contribution is -2.46. The molecule has 0 spiro atoms. The molecule has 2 aromatic heterocycles. The van der Waals surface area contributed by atoms with Crippen LogP contribution in [0, 0.1) is 0 Å². The van der Waals surface area contributed by atoms with E-state index >= 15 is 0 Å². The molecule has 3 amide bonds. The van der Waals surface area contributed by atoms with Crippen LogP contribution in [0.25, 0.3) is 0 Å². The average molecular weight is 544 g/mol. The van der Waals surface area contributed by atoms with Crippen molar-refractivity contribution in [2.75, 3.05) is 6.61 Å². The SMILES string of the molecule is CCCCC(COC(=O)N(Cc1cccs1)Cc1cccs1)NC(=O)NC(CC(=O)O)c1ccccc1. The third kappa shape index (κ3) is 9.89. The van der Waals surface area contributed by atoms with Gasteiger partial charge in [0.15, 0.2) is 0 Å². The molecule has 3 N–H and O–H groups in total. The number of urea groups is 1. The third-order valence-corrected chi connectivity index (χ3v) is 7.37. The van der Waals surface area contributed by atoms with Gasteiger partial charge in [0.05, 0.1) is 31.6 Å². The summed E-state index contributed by atoms with van der Waals surface area (Å²) in [6.45, 7) is 2.95. The van der Waals surface area contributed by atoms with Crippen LogP contribution in [0.3, 0.4) is 0 Å². The second-order valence-electron chi connectivity index (χ2n) is 8.61. The van der Waals surface area contributed by atoms with Crippen molar-refractivity contribution in [2.24, 2.45) is 0 Å². The van der Waals surface area contributed by atoms with Gasteiger partial charge < -0.3 is 20.5 Å². The topological polar surface area (TPSA) is 108 Å². The van der Waals surface area contributed by atoms with E-state index in [1.54, 1.807) is 51.8 Å². The Morgan fingerprint density at radius 3 is 2.14 bits per heavy atom. The Morgan fingerprint density at radius 2 is 1.59 bits per heavy atom. The van der Waals surface area contributed by atoms with Crippen LogP contribution >= 0.6 is 22.7 Å². The van der Waals surface area contributed by atoms with Gasteiger partial charge in [0.2, 0.25) is 0 Å². The summed E-state index contributed by atoms with van der Waals surface area (Å²) in [6.07, 6.45) is 1.70. The number of carboxylic acid groups (broad SMARTS) is 1. The number of nitrogens with zero attached hydrogens (tertiary/aromatic N) is 1. The first kappa shape index (κ1) is 28.2. The van der Waals surface area contributed by atoms with Crippen molar-refractivity contribution in [3.05, 3.63) is 80.7 Å². The second-order valence-corrected chi connectivity index (χ2v) is 10.7. The maximum atomic E-state index is 13.1. The number of amides is 3. The van der Waals surface area contributed by atoms with Gasteiger partial charge in [0, 0.05) is 9.75 Å². The highest BCUT2D eigenvalue weighted by Crippen LogP contribution is 2.19. The van der Waals surface area contributed by atoms with E-state index in [1.807, 2.05) is 48.0 Å². The van der Waals surface area contributed by atoms with Crippen LogP contribution < -0.4 is 10.6 Å². The Labute approximate surface area is 225 Å². The zero-order valence-corrected chi connectivity index (χ0v) is 22.4. The van der Waals surface area contributed by atoms with Gasteiger partial charge in [-0.25, -0.2) is 9.59 Å². The van der Waals surface area contributed by atoms with Crippen LogP contribution in [0.2, 0.25) is 0 Å². The van der Waals surface area contributed by atoms with Crippen molar-refractivity contribution in [3.63, 3.8) is 0 Å². The largest absolute Gasteiger partial charge is 0.481 e. The van der Waals surface area contributed by atoms with E-state index < -0.39 is 30.2 Å². The van der Waals surface area contributed by atoms with Crippen molar-refractivity contribution in [2.45, 2.75) is 57.8 Å². The van der Waals surface area contributed by atoms with Crippen LogP contribution in [0.15, 0.2) is 65.4 Å². The molecule has 0 aliphatic heterocycles. The first-order valence-electron chi connectivity index (χ1n) is 12.2. The van der Waals surface area contributed by atoms with E-state index in [4.69, 9.17) is 4.74 Å². The van der Waals surface area contributed by atoms with Crippen LogP contribution in [0.4, 0.5) is 9.59 Å². The summed E-state index contributed by atoms with van der Waals surface area (Å²) in [6, 6.07) is 15.3. The van der Waals surface area contributed by atoms with Crippen molar-refractivity contribution >= 4 is 40.8 Å². The van der Waals surface area contributed by atoms with Gasteiger partial charge in [0.1, 0.15) is 6.61 Å². The maximum Gasteiger partial charge on any atom is 0.410 e. The van der Waals surface area contributed by atoms with Crippen molar-refractivity contribution in [3.8, 4) is 0 Å². The molecule has 2 unspecified atom stereocenters. The molecular weight excluding hydrogens is 510 g/mol. The number of nitrogens with one attached hydrogen (secondary N) is 2. The van der Waals surface area contributed by atoms with Gasteiger partial charge in [-0.05, 0) is 34.9 Å². The van der Waals surface area contributed by atoms with Crippen LogP contribution in [0.1, 0.15) is 54.0 Å². The molecule has 0 aliphatic carbocycles. The first-order valence-corrected chi connectivity index (χ1v) is 14.0. The Balaban J connectivity index is 1.61. The molecule has 3 rings (SSSR count). The van der Waals surface area contributed by atoms with Crippen LogP contribution in [0.5, 0.6) is 0 Å². The number of carbonyl (C=O) groups is 3. The van der Waals surface area contributed by atoms with Crippen LogP contribution in [-0.2, 0) is 22.6 Å². The van der Waals surface area contributed by atoms with E-state index in [0.717, 1.165) is 22.6 Å². The van der Waals surface area contributed by atoms with Gasteiger partial charge in [-0.2, -0.15) is 0 Å². The van der Waals surface area contributed by atoms with Gasteiger partial charge >= 0.3 is 18.1 Å². The highest BCUT2D eigenvalue weighted by Gasteiger charge is 2.22. The molecule has 2 heterocycles. The molecule has 0 saturated heterocycles. The number of aliphatic carboxylic acids is 1. The van der Waals surface area contributed by atoms with Gasteiger partial charge in [-0.1, -0.05) is 62.2 Å². The van der Waals surface area contributed by atoms with E-state index in [1.165, 1.54) is 0 Å². The predicted molar refractivity (Wildman–Crippen MR) is 146 cm³/mol. The molecule has 198 valence electrons. The van der Waals surface area contributed by atoms with Gasteiger partial charge in [-0.3, -0.25) is 9.69 Å². The Bertz CT molecular complexity index is 1050. The Kier molecular flexibility index (Phi) is 11.4. The number of benzene rings is 1. The minimum Gasteiger partial charge on any atom is -0.481 e.